The molecule has 1 atom stereocenters. The summed E-state index contributed by atoms with van der Waals surface area (Å²) in [6.07, 6.45) is 2.21. The molecule has 1 N–H and O–H groups in total. The minimum atomic E-state index is -0.334. The number of nitrogens with zero attached hydrogens (tertiary/aromatic N) is 1. The molecule has 0 saturated carbocycles. The molecule has 0 radical (unpaired) electrons. The van der Waals surface area contributed by atoms with Crippen LogP contribution in [0.1, 0.15) is 12.8 Å². The fourth-order valence-corrected chi connectivity index (χ4v) is 1.41. The molecule has 1 aliphatic rings. The molecule has 1 rings (SSSR count). The van der Waals surface area contributed by atoms with Crippen LogP contribution in [0.4, 0.5) is 0 Å². The smallest absolute Gasteiger partial charge is 0.0802 e. The number of alkyl halides is 1. The number of aliphatic hydroxyl groups is 1. The van der Waals surface area contributed by atoms with Crippen LogP contribution >= 0.6 is 11.6 Å². The van der Waals surface area contributed by atoms with Crippen LogP contribution < -0.4 is 0 Å². The van der Waals surface area contributed by atoms with Crippen molar-refractivity contribution in [2.45, 2.75) is 18.9 Å². The molecule has 3 heteroatoms. The molecule has 0 aromatic carbocycles. The number of hydrogen-bond donors (Lipinski definition) is 1. The molecule has 0 aromatic rings. The van der Waals surface area contributed by atoms with Gasteiger partial charge in [0.05, 0.1) is 6.10 Å². The highest BCUT2D eigenvalue weighted by Crippen LogP contribution is 2.07. The molecule has 1 saturated heterocycles. The van der Waals surface area contributed by atoms with E-state index < -0.39 is 0 Å². The van der Waals surface area contributed by atoms with Gasteiger partial charge in [0, 0.05) is 12.4 Å². The summed E-state index contributed by atoms with van der Waals surface area (Å²) in [6.45, 7) is 3.02. The van der Waals surface area contributed by atoms with E-state index in [-0.39, 0.29) is 6.10 Å². The van der Waals surface area contributed by atoms with Gasteiger partial charge in [-0.25, -0.2) is 0 Å². The summed E-state index contributed by atoms with van der Waals surface area (Å²) >= 11 is 5.45. The maximum Gasteiger partial charge on any atom is 0.0802 e. The maximum absolute atomic E-state index is 9.14. The maximum atomic E-state index is 9.14. The third-order valence-corrected chi connectivity index (χ3v) is 2.20. The summed E-state index contributed by atoms with van der Waals surface area (Å²) in [5, 5.41) is 9.14. The number of likely N-dealkylation sites (tertiary alicyclic amines) is 1. The first kappa shape index (κ1) is 8.31. The molecule has 1 unspecified atom stereocenters. The van der Waals surface area contributed by atoms with Crippen LogP contribution in [-0.2, 0) is 0 Å². The highest BCUT2D eigenvalue weighted by molar-refractivity contribution is 6.18. The summed E-state index contributed by atoms with van der Waals surface area (Å²) in [5.41, 5.74) is 0. The molecule has 0 amide bonds. The van der Waals surface area contributed by atoms with Crippen molar-refractivity contribution in [2.75, 3.05) is 25.5 Å². The lowest BCUT2D eigenvalue weighted by molar-refractivity contribution is 0.143. The quantitative estimate of drug-likeness (QED) is 0.619. The Labute approximate surface area is 66.8 Å². The first-order valence-electron chi connectivity index (χ1n) is 3.79. The molecular weight excluding hydrogens is 150 g/mol. The number of aliphatic hydroxyl groups excluding tert-OH is 1. The van der Waals surface area contributed by atoms with E-state index in [2.05, 4.69) is 4.90 Å². The highest BCUT2D eigenvalue weighted by atomic mass is 35.5. The summed E-state index contributed by atoms with van der Waals surface area (Å²) < 4.78 is 0. The summed E-state index contributed by atoms with van der Waals surface area (Å²) in [4.78, 5) is 2.26. The molecule has 0 aliphatic carbocycles. The van der Waals surface area contributed by atoms with E-state index in [0.29, 0.717) is 5.88 Å². The van der Waals surface area contributed by atoms with Gasteiger partial charge in [-0.1, -0.05) is 0 Å². The van der Waals surface area contributed by atoms with Crippen LogP contribution in [0.25, 0.3) is 0 Å². The predicted molar refractivity (Wildman–Crippen MR) is 42.4 cm³/mol. The molecule has 1 fully saturated rings. The third-order valence-electron chi connectivity index (χ3n) is 1.85. The number of hydrogen-bond acceptors (Lipinski definition) is 2. The van der Waals surface area contributed by atoms with Crippen molar-refractivity contribution in [3.05, 3.63) is 0 Å². The van der Waals surface area contributed by atoms with Crippen molar-refractivity contribution in [3.63, 3.8) is 0 Å². The second-order valence-corrected chi connectivity index (χ2v) is 3.12. The van der Waals surface area contributed by atoms with E-state index in [1.165, 1.54) is 12.8 Å². The van der Waals surface area contributed by atoms with Crippen LogP contribution in [0.15, 0.2) is 0 Å². The molecule has 0 aromatic heterocycles. The van der Waals surface area contributed by atoms with Gasteiger partial charge < -0.3 is 10.0 Å². The van der Waals surface area contributed by atoms with Gasteiger partial charge in [0.25, 0.3) is 0 Å². The standard InChI is InChI=1S/C7H14ClNO/c8-5-7(10)6-9-3-1-2-4-9/h7,10H,1-6H2. The minimum Gasteiger partial charge on any atom is -0.391 e. The monoisotopic (exact) mass is 163 g/mol. The lowest BCUT2D eigenvalue weighted by Gasteiger charge is -2.16. The fraction of sp³-hybridized carbons (Fsp3) is 1.00. The Kier molecular flexibility index (Phi) is 3.46. The Morgan fingerprint density at radius 2 is 2.00 bits per heavy atom. The summed E-state index contributed by atoms with van der Waals surface area (Å²) in [5.74, 6) is 0.358. The zero-order valence-electron chi connectivity index (χ0n) is 6.09. The van der Waals surface area contributed by atoms with Gasteiger partial charge in [-0.15, -0.1) is 11.6 Å². The molecular formula is C7H14ClNO. The van der Waals surface area contributed by atoms with Crippen molar-refractivity contribution >= 4 is 11.6 Å². The van der Waals surface area contributed by atoms with Crippen molar-refractivity contribution in [3.8, 4) is 0 Å². The molecule has 1 aliphatic heterocycles. The van der Waals surface area contributed by atoms with Crippen molar-refractivity contribution in [2.24, 2.45) is 0 Å². The largest absolute Gasteiger partial charge is 0.391 e. The third kappa shape index (κ3) is 2.45. The highest BCUT2D eigenvalue weighted by Gasteiger charge is 2.14. The SMILES string of the molecule is OC(CCl)CN1CCCC1. The van der Waals surface area contributed by atoms with Crippen LogP contribution in [0.2, 0.25) is 0 Å². The lowest BCUT2D eigenvalue weighted by atomic mass is 10.4. The second kappa shape index (κ2) is 4.16. The topological polar surface area (TPSA) is 23.5 Å². The Bertz CT molecular complexity index is 93.6. The van der Waals surface area contributed by atoms with E-state index in [1.54, 1.807) is 0 Å². The zero-order chi connectivity index (χ0) is 7.40. The average molecular weight is 164 g/mol. The Hall–Kier alpha value is 0.210. The number of halogens is 1. The van der Waals surface area contributed by atoms with Crippen molar-refractivity contribution in [1.29, 1.82) is 0 Å². The molecule has 2 nitrogen and oxygen atoms in total. The van der Waals surface area contributed by atoms with Crippen molar-refractivity contribution < 1.29 is 5.11 Å². The second-order valence-electron chi connectivity index (χ2n) is 2.82. The van der Waals surface area contributed by atoms with Gasteiger partial charge in [-0.3, -0.25) is 0 Å². The number of β-amino-alcohol motifs (C(OH)–C–C–N with tert-alkyl or cyclic N) is 1. The minimum absolute atomic E-state index is 0.334. The fourth-order valence-electron chi connectivity index (χ4n) is 1.31. The first-order valence-corrected chi connectivity index (χ1v) is 4.33. The van der Waals surface area contributed by atoms with E-state index in [0.717, 1.165) is 19.6 Å². The summed E-state index contributed by atoms with van der Waals surface area (Å²) in [7, 11) is 0. The molecule has 0 spiro atoms. The zero-order valence-corrected chi connectivity index (χ0v) is 6.85. The van der Waals surface area contributed by atoms with Gasteiger partial charge in [0.2, 0.25) is 0 Å². The first-order chi connectivity index (χ1) is 4.83. The van der Waals surface area contributed by atoms with Crippen LogP contribution in [0, 0.1) is 0 Å². The predicted octanol–water partition coefficient (Wildman–Crippen LogP) is 0.682. The van der Waals surface area contributed by atoms with Gasteiger partial charge in [-0.2, -0.15) is 0 Å². The normalized spacial score (nSPS) is 23.4. The Balaban J connectivity index is 2.11. The van der Waals surface area contributed by atoms with Gasteiger partial charge in [0.15, 0.2) is 0 Å². The van der Waals surface area contributed by atoms with Gasteiger partial charge in [-0.05, 0) is 25.9 Å². The molecule has 10 heavy (non-hydrogen) atoms. The van der Waals surface area contributed by atoms with E-state index in [9.17, 15) is 0 Å². The lowest BCUT2D eigenvalue weighted by Crippen LogP contribution is -2.30. The van der Waals surface area contributed by atoms with Crippen LogP contribution in [0.5, 0.6) is 0 Å². The molecule has 60 valence electrons. The Morgan fingerprint density at radius 3 is 2.50 bits per heavy atom. The number of rotatable bonds is 3. The van der Waals surface area contributed by atoms with E-state index in [1.807, 2.05) is 0 Å². The van der Waals surface area contributed by atoms with E-state index in [4.69, 9.17) is 16.7 Å². The Morgan fingerprint density at radius 1 is 1.40 bits per heavy atom. The van der Waals surface area contributed by atoms with Crippen molar-refractivity contribution in [1.82, 2.24) is 4.90 Å². The van der Waals surface area contributed by atoms with Crippen LogP contribution in [-0.4, -0.2) is 41.6 Å². The molecule has 0 bridgehead atoms. The van der Waals surface area contributed by atoms with Gasteiger partial charge >= 0.3 is 0 Å². The summed E-state index contributed by atoms with van der Waals surface area (Å²) in [6, 6.07) is 0. The van der Waals surface area contributed by atoms with Gasteiger partial charge in [0.1, 0.15) is 0 Å². The molecule has 1 heterocycles. The van der Waals surface area contributed by atoms with E-state index >= 15 is 0 Å². The van der Waals surface area contributed by atoms with Crippen LogP contribution in [0.3, 0.4) is 0 Å². The average Bonchev–Trinajstić information content (AvgIpc) is 2.40.